The molecule has 1 unspecified atom stereocenters. The number of methoxy groups -OCH3 is 1. The summed E-state index contributed by atoms with van der Waals surface area (Å²) in [5, 5.41) is 0. The minimum absolute atomic E-state index is 0.0207. The second-order valence-electron chi connectivity index (χ2n) is 7.01. The SMILES string of the molecule is COCCN1C(=O)c2ccc(C(=O)N(C)CCC(N)C(C)C)cc2S1(=O)=O. The summed E-state index contributed by atoms with van der Waals surface area (Å²) < 4.78 is 30.9. The summed E-state index contributed by atoms with van der Waals surface area (Å²) in [6, 6.07) is 4.12. The quantitative estimate of drug-likeness (QED) is 0.699. The largest absolute Gasteiger partial charge is 0.383 e. The summed E-state index contributed by atoms with van der Waals surface area (Å²) >= 11 is 0. The fraction of sp³-hybridized carbons (Fsp3) is 0.556. The minimum atomic E-state index is -3.97. The van der Waals surface area contributed by atoms with Gasteiger partial charge >= 0.3 is 0 Å². The highest BCUT2D eigenvalue weighted by Gasteiger charge is 2.41. The molecule has 0 aromatic heterocycles. The Labute approximate surface area is 160 Å². The van der Waals surface area contributed by atoms with Crippen LogP contribution in [0.5, 0.6) is 0 Å². The molecule has 2 rings (SSSR count). The number of fused-ring (bicyclic) bond motifs is 1. The minimum Gasteiger partial charge on any atom is -0.383 e. The number of nitrogens with zero attached hydrogens (tertiary/aromatic N) is 2. The van der Waals surface area contributed by atoms with E-state index in [4.69, 9.17) is 10.5 Å². The summed E-state index contributed by atoms with van der Waals surface area (Å²) in [6.45, 7) is 4.53. The Morgan fingerprint density at radius 1 is 1.33 bits per heavy atom. The Morgan fingerprint density at radius 3 is 2.59 bits per heavy atom. The maximum atomic E-state index is 12.6. The van der Waals surface area contributed by atoms with Crippen LogP contribution in [0.25, 0.3) is 0 Å². The van der Waals surface area contributed by atoms with Crippen molar-refractivity contribution in [3.05, 3.63) is 29.3 Å². The molecule has 1 heterocycles. The third-order valence-corrected chi connectivity index (χ3v) is 6.58. The summed E-state index contributed by atoms with van der Waals surface area (Å²) in [5.41, 5.74) is 6.31. The lowest BCUT2D eigenvalue weighted by Crippen LogP contribution is -2.34. The van der Waals surface area contributed by atoms with Crippen LogP contribution in [0.15, 0.2) is 23.1 Å². The topological polar surface area (TPSA) is 110 Å². The number of benzene rings is 1. The van der Waals surface area contributed by atoms with Crippen molar-refractivity contribution in [1.29, 1.82) is 0 Å². The van der Waals surface area contributed by atoms with Crippen LogP contribution in [-0.2, 0) is 14.8 Å². The zero-order chi connectivity index (χ0) is 20.4. The molecule has 27 heavy (non-hydrogen) atoms. The molecule has 0 saturated heterocycles. The lowest BCUT2D eigenvalue weighted by molar-refractivity contribution is 0.0786. The maximum absolute atomic E-state index is 12.6. The number of hydrogen-bond donors (Lipinski definition) is 1. The highest BCUT2D eigenvalue weighted by molar-refractivity contribution is 7.90. The van der Waals surface area contributed by atoms with Crippen molar-refractivity contribution >= 4 is 21.8 Å². The molecule has 8 nitrogen and oxygen atoms in total. The molecule has 0 bridgehead atoms. The van der Waals surface area contributed by atoms with Gasteiger partial charge in [0.05, 0.1) is 18.7 Å². The third kappa shape index (κ3) is 4.31. The number of sulfonamides is 1. The predicted molar refractivity (Wildman–Crippen MR) is 101 cm³/mol. The zero-order valence-electron chi connectivity index (χ0n) is 16.1. The average molecular weight is 397 g/mol. The first-order valence-corrected chi connectivity index (χ1v) is 10.3. The molecular formula is C18H27N3O5S. The van der Waals surface area contributed by atoms with E-state index in [2.05, 4.69) is 0 Å². The molecule has 1 aromatic rings. The molecule has 9 heteroatoms. The lowest BCUT2D eigenvalue weighted by Gasteiger charge is -2.21. The number of nitrogens with two attached hydrogens (primary N) is 1. The molecule has 1 atom stereocenters. The van der Waals surface area contributed by atoms with Gasteiger partial charge in [0.2, 0.25) is 0 Å². The first kappa shape index (κ1) is 21.3. The van der Waals surface area contributed by atoms with Gasteiger partial charge in [0.1, 0.15) is 4.90 Å². The van der Waals surface area contributed by atoms with Gasteiger partial charge in [-0.15, -0.1) is 0 Å². The molecule has 0 saturated carbocycles. The fourth-order valence-corrected chi connectivity index (χ4v) is 4.38. The van der Waals surface area contributed by atoms with E-state index in [0.29, 0.717) is 18.9 Å². The number of hydrogen-bond acceptors (Lipinski definition) is 6. The first-order chi connectivity index (χ1) is 12.6. The van der Waals surface area contributed by atoms with Gasteiger partial charge in [-0.2, -0.15) is 0 Å². The average Bonchev–Trinajstić information content (AvgIpc) is 2.82. The molecule has 0 fully saturated rings. The molecule has 0 spiro atoms. The van der Waals surface area contributed by atoms with Crippen molar-refractivity contribution < 1.29 is 22.7 Å². The summed E-state index contributed by atoms with van der Waals surface area (Å²) in [7, 11) is -0.899. The van der Waals surface area contributed by atoms with Crippen LogP contribution >= 0.6 is 0 Å². The van der Waals surface area contributed by atoms with Crippen LogP contribution in [0, 0.1) is 5.92 Å². The summed E-state index contributed by atoms with van der Waals surface area (Å²) in [5.74, 6) is -0.605. The molecule has 1 aliphatic heterocycles. The lowest BCUT2D eigenvalue weighted by atomic mass is 10.0. The van der Waals surface area contributed by atoms with E-state index >= 15 is 0 Å². The third-order valence-electron chi connectivity index (χ3n) is 4.75. The van der Waals surface area contributed by atoms with Gasteiger partial charge in [-0.3, -0.25) is 9.59 Å². The van der Waals surface area contributed by atoms with Crippen molar-refractivity contribution in [3.63, 3.8) is 0 Å². The maximum Gasteiger partial charge on any atom is 0.269 e. The molecule has 0 radical (unpaired) electrons. The van der Waals surface area contributed by atoms with Crippen LogP contribution in [-0.4, -0.2) is 69.3 Å². The summed E-state index contributed by atoms with van der Waals surface area (Å²) in [4.78, 5) is 26.4. The number of ether oxygens (including phenoxy) is 1. The van der Waals surface area contributed by atoms with E-state index in [1.165, 1.54) is 30.2 Å². The van der Waals surface area contributed by atoms with Crippen molar-refractivity contribution in [2.75, 3.05) is 33.9 Å². The molecule has 1 aliphatic rings. The van der Waals surface area contributed by atoms with E-state index < -0.39 is 15.9 Å². The number of amides is 2. The van der Waals surface area contributed by atoms with Gasteiger partial charge in [0, 0.05) is 32.3 Å². The zero-order valence-corrected chi connectivity index (χ0v) is 17.0. The van der Waals surface area contributed by atoms with E-state index in [1.807, 2.05) is 13.8 Å². The molecule has 1 aromatic carbocycles. The van der Waals surface area contributed by atoms with E-state index in [0.717, 1.165) is 4.31 Å². The summed E-state index contributed by atoms with van der Waals surface area (Å²) in [6.07, 6.45) is 0.645. The smallest absolute Gasteiger partial charge is 0.269 e. The highest BCUT2D eigenvalue weighted by atomic mass is 32.2. The van der Waals surface area contributed by atoms with Gasteiger partial charge in [0.25, 0.3) is 21.8 Å². The molecule has 2 amide bonds. The van der Waals surface area contributed by atoms with E-state index in [1.54, 1.807) is 7.05 Å². The predicted octanol–water partition coefficient (Wildman–Crippen LogP) is 0.923. The van der Waals surface area contributed by atoms with Gasteiger partial charge in [0.15, 0.2) is 0 Å². The number of rotatable bonds is 8. The second-order valence-corrected chi connectivity index (χ2v) is 8.84. The van der Waals surface area contributed by atoms with Crippen molar-refractivity contribution in [1.82, 2.24) is 9.21 Å². The standard InChI is InChI=1S/C18H27N3O5S/c1-12(2)15(19)7-8-20(3)17(22)13-5-6-14-16(11-13)27(24,25)21(18(14)23)9-10-26-4/h5-6,11-12,15H,7-10,19H2,1-4H3. The van der Waals surface area contributed by atoms with Gasteiger partial charge in [-0.25, -0.2) is 12.7 Å². The Kier molecular flexibility index (Phi) is 6.61. The number of carbonyl (C=O) groups excluding carboxylic acids is 2. The molecular weight excluding hydrogens is 370 g/mol. The highest BCUT2D eigenvalue weighted by Crippen LogP contribution is 2.31. The molecule has 0 aliphatic carbocycles. The fourth-order valence-electron chi connectivity index (χ4n) is 2.80. The normalized spacial score (nSPS) is 16.5. The van der Waals surface area contributed by atoms with E-state index in [-0.39, 0.29) is 41.1 Å². The van der Waals surface area contributed by atoms with Crippen molar-refractivity contribution in [2.45, 2.75) is 31.2 Å². The molecule has 150 valence electrons. The molecule has 2 N–H and O–H groups in total. The Bertz CT molecular complexity index is 822. The van der Waals surface area contributed by atoms with Crippen LogP contribution in [0.2, 0.25) is 0 Å². The number of carbonyl (C=O) groups is 2. The second kappa shape index (κ2) is 8.37. The van der Waals surface area contributed by atoms with Gasteiger partial charge in [-0.05, 0) is 30.5 Å². The van der Waals surface area contributed by atoms with Crippen LogP contribution in [0.4, 0.5) is 0 Å². The van der Waals surface area contributed by atoms with Gasteiger partial charge in [-0.1, -0.05) is 13.8 Å². The Morgan fingerprint density at radius 2 is 2.00 bits per heavy atom. The van der Waals surface area contributed by atoms with E-state index in [9.17, 15) is 18.0 Å². The van der Waals surface area contributed by atoms with Crippen LogP contribution < -0.4 is 5.73 Å². The Hall–Kier alpha value is -1.97. The van der Waals surface area contributed by atoms with Crippen molar-refractivity contribution in [2.24, 2.45) is 11.7 Å². The monoisotopic (exact) mass is 397 g/mol. The van der Waals surface area contributed by atoms with Crippen LogP contribution in [0.3, 0.4) is 0 Å². The van der Waals surface area contributed by atoms with Crippen LogP contribution in [0.1, 0.15) is 41.0 Å². The Balaban J connectivity index is 2.21. The first-order valence-electron chi connectivity index (χ1n) is 8.82. The van der Waals surface area contributed by atoms with Gasteiger partial charge < -0.3 is 15.4 Å². The van der Waals surface area contributed by atoms with Crippen molar-refractivity contribution in [3.8, 4) is 0 Å².